The molecule has 14 amide bonds. The first-order chi connectivity index (χ1) is 57.0. The number of aliphatic carboxylic acids is 2. The smallest absolute Gasteiger partial charge is 0.317 e. The van der Waals surface area contributed by atoms with E-state index in [2.05, 4.69) is 68.5 Å². The van der Waals surface area contributed by atoms with Crippen LogP contribution >= 0.6 is 0 Å². The second kappa shape index (κ2) is 46.8. The number of rotatable bonds is 32. The van der Waals surface area contributed by atoms with Crippen molar-refractivity contribution >= 4 is 106 Å². The number of nitrogens with one attached hydrogen (secondary N) is 12. The molecule has 0 saturated carbocycles. The lowest BCUT2D eigenvalue weighted by Gasteiger charge is -2.33. The summed E-state index contributed by atoms with van der Waals surface area (Å²) in [6.45, 7) is 1.14. The molecule has 8 rings (SSSR count). The van der Waals surface area contributed by atoms with E-state index in [0.717, 1.165) is 15.6 Å². The van der Waals surface area contributed by atoms with Gasteiger partial charge in [0.05, 0.1) is 79.1 Å². The zero-order valence-electron chi connectivity index (χ0n) is 67.8. The highest BCUT2D eigenvalue weighted by Crippen LogP contribution is 2.23. The molecule has 3 saturated heterocycles. The number of urea groups is 1. The van der Waals surface area contributed by atoms with Crippen molar-refractivity contribution in [1.82, 2.24) is 92.5 Å². The Morgan fingerprint density at radius 1 is 0.563 bits per heavy atom. The van der Waals surface area contributed by atoms with Crippen LogP contribution in [0.1, 0.15) is 90.9 Å². The molecule has 14 N–H and O–H groups in total. The number of fused-ring (bicyclic) bond motifs is 2. The van der Waals surface area contributed by atoms with E-state index in [4.69, 9.17) is 14.2 Å². The molecule has 0 unspecified atom stereocenters. The minimum atomic E-state index is -1.82. The zero-order chi connectivity index (χ0) is 86.0. The maximum atomic E-state index is 15.3. The van der Waals surface area contributed by atoms with Gasteiger partial charge in [-0.3, -0.25) is 76.5 Å². The molecule has 0 bridgehead atoms. The molecule has 3 fully saturated rings. The molecule has 5 aromatic rings. The van der Waals surface area contributed by atoms with Crippen LogP contribution in [0.3, 0.4) is 0 Å². The second-order valence-electron chi connectivity index (χ2n) is 30.1. The second-order valence-corrected chi connectivity index (χ2v) is 30.1. The molecule has 38 heteroatoms. The molecular formula is C81H111N18O20+. The molecule has 3 aliphatic heterocycles. The van der Waals surface area contributed by atoms with Crippen molar-refractivity contribution in [2.75, 3.05) is 140 Å². The number of benzene rings is 3. The molecule has 2 aromatic heterocycles. The number of H-pyrrole nitrogens is 1. The van der Waals surface area contributed by atoms with Crippen LogP contribution in [0, 0.1) is 0 Å². The zero-order valence-corrected chi connectivity index (χ0v) is 67.8. The van der Waals surface area contributed by atoms with Crippen molar-refractivity contribution in [2.45, 2.75) is 126 Å². The number of ether oxygens (including phenoxy) is 3. The molecule has 644 valence electrons. The summed E-state index contributed by atoms with van der Waals surface area (Å²) in [4.78, 5) is 221. The van der Waals surface area contributed by atoms with Gasteiger partial charge in [-0.1, -0.05) is 79.7 Å². The summed E-state index contributed by atoms with van der Waals surface area (Å²) in [5.41, 5.74) is 3.31. The number of aromatic nitrogens is 2. The Morgan fingerprint density at radius 3 is 1.91 bits per heavy atom. The fourth-order valence-electron chi connectivity index (χ4n) is 13.5. The van der Waals surface area contributed by atoms with Crippen LogP contribution in [0.5, 0.6) is 0 Å². The van der Waals surface area contributed by atoms with E-state index >= 15 is 14.4 Å². The molecule has 0 spiro atoms. The molecule has 119 heavy (non-hydrogen) atoms. The number of carbonyl (C=O) groups is 15. The van der Waals surface area contributed by atoms with E-state index in [-0.39, 0.29) is 149 Å². The van der Waals surface area contributed by atoms with Gasteiger partial charge in [-0.05, 0) is 79.3 Å². The van der Waals surface area contributed by atoms with Crippen molar-refractivity contribution in [3.63, 3.8) is 0 Å². The summed E-state index contributed by atoms with van der Waals surface area (Å²) in [5, 5.41) is 49.3. The molecule has 0 aliphatic carbocycles. The van der Waals surface area contributed by atoms with Crippen molar-refractivity contribution in [1.29, 1.82) is 0 Å². The predicted molar refractivity (Wildman–Crippen MR) is 433 cm³/mol. The van der Waals surface area contributed by atoms with Gasteiger partial charge in [0.15, 0.2) is 0 Å². The summed E-state index contributed by atoms with van der Waals surface area (Å²) < 4.78 is 17.5. The number of carboxylic acids is 2. The molecule has 38 nitrogen and oxygen atoms in total. The van der Waals surface area contributed by atoms with Crippen LogP contribution in [0.4, 0.5) is 10.6 Å². The van der Waals surface area contributed by atoms with Gasteiger partial charge in [0.1, 0.15) is 48.9 Å². The predicted octanol–water partition coefficient (Wildman–Crippen LogP) is -1.66. The van der Waals surface area contributed by atoms with Crippen molar-refractivity contribution in [3.05, 3.63) is 131 Å². The molecule has 7 atom stereocenters. The summed E-state index contributed by atoms with van der Waals surface area (Å²) in [5.74, 6) is -11.5. The SMILES string of the molecule is CCCOCC[C@@H]1NC(=O)[C@H](Cc2ccc(CNC(=O)COCCOCCNC(=O)c3ccc([N+](C)(C)C)nc3)cc2)NC(=O)[C@H](Cc2ccccc2)N(C)C(=O)CNC(=O)CNC(=O)[C@H]2CCCN2C(=O)[C@H](CC(=O)O)NC(=O)[C@H](CCCCNC(=O)N2CCN(CC(=O)O)CC2)NC(=O)CNC(=O)[C@H](Cc2c[nH]c3ccccc23)NC1=O. The first kappa shape index (κ1) is 92.5. The number of amides is 14. The highest BCUT2D eigenvalue weighted by atomic mass is 16.5. The van der Waals surface area contributed by atoms with E-state index in [1.54, 1.807) is 102 Å². The number of nitrogens with zero attached hydrogens (tertiary/aromatic N) is 6. The maximum absolute atomic E-state index is 15.3. The Hall–Kier alpha value is -12.0. The summed E-state index contributed by atoms with van der Waals surface area (Å²) >= 11 is 0. The Morgan fingerprint density at radius 2 is 1.20 bits per heavy atom. The minimum Gasteiger partial charge on any atom is -0.481 e. The average molecular weight is 1660 g/mol. The average Bonchev–Trinajstić information content (AvgIpc) is 1.70. The number of aromatic amines is 1. The number of quaternary nitrogens is 1. The first-order valence-electron chi connectivity index (χ1n) is 39.8. The van der Waals surface area contributed by atoms with Gasteiger partial charge in [-0.25, -0.2) is 9.78 Å². The van der Waals surface area contributed by atoms with Crippen LogP contribution in [-0.2, 0) is 102 Å². The van der Waals surface area contributed by atoms with Crippen LogP contribution in [0.25, 0.3) is 10.9 Å². The molecular weight excluding hydrogens is 1540 g/mol. The molecule has 5 heterocycles. The Balaban J connectivity index is 1.03. The number of carboxylic acid groups (broad SMARTS) is 2. The van der Waals surface area contributed by atoms with E-state index < -0.39 is 151 Å². The van der Waals surface area contributed by atoms with Gasteiger partial charge < -0.3 is 103 Å². The van der Waals surface area contributed by atoms with Crippen molar-refractivity contribution in [2.24, 2.45) is 0 Å². The number of para-hydroxylation sites is 1. The maximum Gasteiger partial charge on any atom is 0.317 e. The summed E-state index contributed by atoms with van der Waals surface area (Å²) in [6, 6.07) is 14.9. The van der Waals surface area contributed by atoms with Gasteiger partial charge in [0, 0.05) is 121 Å². The standard InChI is InChI=1S/C81H110N18O20/c1-6-35-117-36-27-60-76(111)92-62(42-56-46-84-58-18-11-10-17-57(56)58)74(109)88-48-68(101)90-59(19-12-13-28-83-81(116)97-33-31-96(32-34-97)50-72(106)107)75(110)94-63(43-71(104)105)80(115)98-30-14-20-64(98)78(113)89-47-67(100)87-49-70(103)95(2)65(41-52-15-8-7-9-16-52)79(114)93-61(77(112)91-60)40-53-21-23-54(24-22-53)44-86-69(102)51-119-39-38-118-37-29-82-73(108)55-25-26-66(85-45-55)99(3,4)5/h7-11,15-18,21-26,45-46,59-65,84H,6,12-14,19-20,27-44,47-51H2,1-5H3,(H12-,82,83,86,87,88,89,90,91,92,93,94,100,101,102,104,105,106,107,108,109,110,111,112,113,114,116)/p+1/t59-,60-,61-,62-,63-,64+,65-/m0/s1. The highest BCUT2D eigenvalue weighted by Gasteiger charge is 2.41. The number of hydrogen-bond donors (Lipinski definition) is 14. The number of carbonyl (C=O) groups excluding carboxylic acids is 13. The quantitative estimate of drug-likeness (QED) is 0.0169. The van der Waals surface area contributed by atoms with E-state index in [9.17, 15) is 67.7 Å². The lowest BCUT2D eigenvalue weighted by atomic mass is 10.00. The van der Waals surface area contributed by atoms with Crippen LogP contribution in [-0.4, -0.2) is 311 Å². The number of piperazine rings is 1. The van der Waals surface area contributed by atoms with E-state index in [1.807, 2.05) is 28.1 Å². The number of hydrogen-bond acceptors (Lipinski definition) is 20. The largest absolute Gasteiger partial charge is 0.481 e. The Bertz CT molecular complexity index is 4310. The number of likely N-dealkylation sites (N-methyl/N-ethyl adjacent to an activating group) is 1. The fraction of sp³-hybridized carbons (Fsp3) is 0.506. The number of unbranched alkanes of at least 4 members (excludes halogenated alkanes) is 1. The van der Waals surface area contributed by atoms with Gasteiger partial charge in [0.2, 0.25) is 70.8 Å². The Kier molecular flexibility index (Phi) is 36.4. The number of pyridine rings is 1. The normalized spacial score (nSPS) is 20.3. The lowest BCUT2D eigenvalue weighted by Crippen LogP contribution is -2.60. The molecule has 3 aliphatic rings. The minimum absolute atomic E-state index is 0.0521. The van der Waals surface area contributed by atoms with Crippen molar-refractivity contribution in [3.8, 4) is 0 Å². The monoisotopic (exact) mass is 1660 g/mol. The lowest BCUT2D eigenvalue weighted by molar-refractivity contribution is -0.146. The van der Waals surface area contributed by atoms with Gasteiger partial charge in [0.25, 0.3) is 5.91 Å². The summed E-state index contributed by atoms with van der Waals surface area (Å²) in [6.07, 6.45) is 2.41. The van der Waals surface area contributed by atoms with Gasteiger partial charge >= 0.3 is 18.0 Å². The molecule has 3 aromatic carbocycles. The third-order valence-electron chi connectivity index (χ3n) is 20.1. The third-order valence-corrected chi connectivity index (χ3v) is 20.1. The topological polar surface area (TPSA) is 498 Å². The van der Waals surface area contributed by atoms with Crippen molar-refractivity contribution < 1.29 is 96.3 Å². The van der Waals surface area contributed by atoms with E-state index in [0.29, 0.717) is 62.7 Å². The van der Waals surface area contributed by atoms with Gasteiger partial charge in [-0.2, -0.15) is 0 Å². The van der Waals surface area contributed by atoms with Crippen LogP contribution in [0.15, 0.2) is 103 Å². The van der Waals surface area contributed by atoms with E-state index in [1.165, 1.54) is 18.1 Å². The summed E-state index contributed by atoms with van der Waals surface area (Å²) in [7, 11) is 7.22. The highest BCUT2D eigenvalue weighted by molar-refractivity contribution is 6.00. The first-order valence-corrected chi connectivity index (χ1v) is 39.8. The third kappa shape index (κ3) is 30.2. The van der Waals surface area contributed by atoms with Crippen LogP contribution < -0.4 is 63.0 Å². The van der Waals surface area contributed by atoms with Crippen LogP contribution in [0.2, 0.25) is 0 Å². The van der Waals surface area contributed by atoms with Gasteiger partial charge in [-0.15, -0.1) is 0 Å². The molecule has 0 radical (unpaired) electrons. The Labute approximate surface area is 689 Å². The fourth-order valence-corrected chi connectivity index (χ4v) is 13.5.